The smallest absolute Gasteiger partial charge is 0.322 e. The van der Waals surface area contributed by atoms with Crippen molar-refractivity contribution in [2.75, 3.05) is 16.2 Å². The highest BCUT2D eigenvalue weighted by atomic mass is 32.2. The van der Waals surface area contributed by atoms with Crippen LogP contribution in [0.25, 0.3) is 0 Å². The van der Waals surface area contributed by atoms with E-state index >= 15 is 0 Å². The van der Waals surface area contributed by atoms with Crippen LogP contribution in [0.1, 0.15) is 43.2 Å². The van der Waals surface area contributed by atoms with Crippen LogP contribution in [0.15, 0.2) is 47.4 Å². The zero-order chi connectivity index (χ0) is 20.4. The number of hydrogen-bond donors (Lipinski definition) is 2. The first-order valence-corrected chi connectivity index (χ1v) is 11.7. The van der Waals surface area contributed by atoms with Gasteiger partial charge < -0.3 is 5.32 Å². The molecule has 6 nitrogen and oxygen atoms in total. The summed E-state index contributed by atoms with van der Waals surface area (Å²) in [6.07, 6.45) is 6.30. The quantitative estimate of drug-likeness (QED) is 0.788. The summed E-state index contributed by atoms with van der Waals surface area (Å²) in [5.41, 5.74) is 3.21. The number of benzene rings is 2. The minimum atomic E-state index is -3.68. The average Bonchev–Trinajstić information content (AvgIpc) is 3.12. The molecular formula is C22H27N3O3S. The van der Waals surface area contributed by atoms with Gasteiger partial charge in [-0.15, -0.1) is 0 Å². The molecule has 4 rings (SSSR count). The molecule has 2 aromatic rings. The first-order chi connectivity index (χ1) is 13.9. The van der Waals surface area contributed by atoms with Gasteiger partial charge in [0.1, 0.15) is 0 Å². The predicted octanol–water partition coefficient (Wildman–Crippen LogP) is 4.20. The Morgan fingerprint density at radius 1 is 1.07 bits per heavy atom. The van der Waals surface area contributed by atoms with Crippen molar-refractivity contribution in [2.45, 2.75) is 56.4 Å². The van der Waals surface area contributed by atoms with Crippen LogP contribution in [0.3, 0.4) is 0 Å². The lowest BCUT2D eigenvalue weighted by Crippen LogP contribution is -2.45. The summed E-state index contributed by atoms with van der Waals surface area (Å²) in [5.74, 6) is 0. The zero-order valence-electron chi connectivity index (χ0n) is 16.6. The number of aryl methyl sites for hydroxylation is 1. The van der Waals surface area contributed by atoms with E-state index in [1.165, 1.54) is 6.42 Å². The molecule has 0 radical (unpaired) electrons. The summed E-state index contributed by atoms with van der Waals surface area (Å²) in [6.45, 7) is 2.49. The van der Waals surface area contributed by atoms with Crippen LogP contribution in [-0.4, -0.2) is 27.0 Å². The molecule has 1 aliphatic heterocycles. The van der Waals surface area contributed by atoms with Gasteiger partial charge >= 0.3 is 6.03 Å². The first kappa shape index (κ1) is 19.8. The van der Waals surface area contributed by atoms with Crippen LogP contribution in [0.4, 0.5) is 16.2 Å². The standard InChI is InChI=1S/C22H27N3O3S/c1-16-6-5-9-19(14-16)24-29(27,28)20-10-11-21-17(15-20)12-13-25(21)22(26)23-18-7-3-2-4-8-18/h5-6,9-11,14-15,18,24H,2-4,7-8,12-13H2,1H3,(H,23,26). The lowest BCUT2D eigenvalue weighted by molar-refractivity contribution is 0.238. The number of carbonyl (C=O) groups excluding carboxylic acids is 1. The Morgan fingerprint density at radius 3 is 2.62 bits per heavy atom. The van der Waals surface area contributed by atoms with Gasteiger partial charge in [0.15, 0.2) is 0 Å². The second kappa shape index (κ2) is 8.06. The molecule has 7 heteroatoms. The van der Waals surface area contributed by atoms with Gasteiger partial charge in [-0.05, 0) is 67.6 Å². The summed E-state index contributed by atoms with van der Waals surface area (Å²) in [6, 6.07) is 12.4. The van der Waals surface area contributed by atoms with Gasteiger partial charge in [0.2, 0.25) is 0 Å². The summed E-state index contributed by atoms with van der Waals surface area (Å²) >= 11 is 0. The van der Waals surface area contributed by atoms with Gasteiger partial charge in [-0.1, -0.05) is 31.4 Å². The monoisotopic (exact) mass is 413 g/mol. The minimum absolute atomic E-state index is 0.0795. The molecule has 0 saturated heterocycles. The Balaban J connectivity index is 1.49. The summed E-state index contributed by atoms with van der Waals surface area (Å²) in [5, 5.41) is 3.14. The topological polar surface area (TPSA) is 78.5 Å². The molecule has 0 unspecified atom stereocenters. The summed E-state index contributed by atoms with van der Waals surface area (Å²) in [7, 11) is -3.68. The van der Waals surface area contributed by atoms with Crippen molar-refractivity contribution in [3.05, 3.63) is 53.6 Å². The molecule has 1 saturated carbocycles. The number of urea groups is 1. The number of hydrogen-bond acceptors (Lipinski definition) is 3. The van der Waals surface area contributed by atoms with Crippen molar-refractivity contribution in [3.8, 4) is 0 Å². The Labute approximate surface area is 172 Å². The lowest BCUT2D eigenvalue weighted by Gasteiger charge is -2.26. The Hall–Kier alpha value is -2.54. The van der Waals surface area contributed by atoms with Crippen molar-refractivity contribution in [2.24, 2.45) is 0 Å². The Bertz CT molecular complexity index is 1010. The lowest BCUT2D eigenvalue weighted by atomic mass is 9.96. The van der Waals surface area contributed by atoms with Gasteiger partial charge in [0.25, 0.3) is 10.0 Å². The van der Waals surface area contributed by atoms with Crippen LogP contribution < -0.4 is 14.9 Å². The van der Waals surface area contributed by atoms with E-state index in [2.05, 4.69) is 10.0 Å². The predicted molar refractivity (Wildman–Crippen MR) is 115 cm³/mol. The van der Waals surface area contributed by atoms with E-state index in [0.717, 1.165) is 42.5 Å². The molecule has 0 atom stereocenters. The number of fused-ring (bicyclic) bond motifs is 1. The number of amides is 2. The van der Waals surface area contributed by atoms with Crippen LogP contribution in [0, 0.1) is 6.92 Å². The fraction of sp³-hybridized carbons (Fsp3) is 0.409. The number of nitrogens with zero attached hydrogens (tertiary/aromatic N) is 1. The van der Waals surface area contributed by atoms with Crippen molar-refractivity contribution in [1.29, 1.82) is 0 Å². The molecule has 2 aliphatic rings. The minimum Gasteiger partial charge on any atom is -0.335 e. The molecule has 2 N–H and O–H groups in total. The highest BCUT2D eigenvalue weighted by Crippen LogP contribution is 2.31. The zero-order valence-corrected chi connectivity index (χ0v) is 17.5. The number of anilines is 2. The van der Waals surface area contributed by atoms with Crippen molar-refractivity contribution in [1.82, 2.24) is 5.32 Å². The first-order valence-electron chi connectivity index (χ1n) is 10.2. The normalized spacial score (nSPS) is 17.1. The van der Waals surface area contributed by atoms with E-state index in [4.69, 9.17) is 0 Å². The van der Waals surface area contributed by atoms with Gasteiger partial charge in [-0.2, -0.15) is 0 Å². The van der Waals surface area contributed by atoms with E-state index in [1.807, 2.05) is 19.1 Å². The molecule has 29 heavy (non-hydrogen) atoms. The van der Waals surface area contributed by atoms with E-state index in [1.54, 1.807) is 35.2 Å². The highest BCUT2D eigenvalue weighted by Gasteiger charge is 2.28. The van der Waals surface area contributed by atoms with Crippen molar-refractivity contribution < 1.29 is 13.2 Å². The third kappa shape index (κ3) is 4.40. The largest absolute Gasteiger partial charge is 0.335 e. The van der Waals surface area contributed by atoms with Crippen molar-refractivity contribution in [3.63, 3.8) is 0 Å². The third-order valence-corrected chi connectivity index (χ3v) is 7.08. The van der Waals surface area contributed by atoms with Gasteiger partial charge in [0, 0.05) is 24.0 Å². The molecule has 1 heterocycles. The number of rotatable bonds is 4. The van der Waals surface area contributed by atoms with Crippen LogP contribution in [0.5, 0.6) is 0 Å². The second-order valence-corrected chi connectivity index (χ2v) is 9.63. The molecule has 1 fully saturated rings. The molecule has 0 bridgehead atoms. The van der Waals surface area contributed by atoms with E-state index in [-0.39, 0.29) is 17.0 Å². The second-order valence-electron chi connectivity index (χ2n) is 7.95. The fourth-order valence-electron chi connectivity index (χ4n) is 4.18. The SMILES string of the molecule is Cc1cccc(NS(=O)(=O)c2ccc3c(c2)CCN3C(=O)NC2CCCCC2)c1. The number of sulfonamides is 1. The van der Waals surface area contributed by atoms with E-state index in [9.17, 15) is 13.2 Å². The number of carbonyl (C=O) groups is 1. The molecular weight excluding hydrogens is 386 g/mol. The van der Waals surface area contributed by atoms with E-state index < -0.39 is 10.0 Å². The summed E-state index contributed by atoms with van der Waals surface area (Å²) < 4.78 is 28.2. The van der Waals surface area contributed by atoms with Crippen LogP contribution in [-0.2, 0) is 16.4 Å². The maximum atomic E-state index is 12.8. The molecule has 1 aliphatic carbocycles. The number of nitrogens with one attached hydrogen (secondary N) is 2. The Kier molecular flexibility index (Phi) is 5.50. The molecule has 2 amide bonds. The molecule has 0 aromatic heterocycles. The average molecular weight is 414 g/mol. The van der Waals surface area contributed by atoms with Crippen LogP contribution >= 0.6 is 0 Å². The summed E-state index contributed by atoms with van der Waals surface area (Å²) in [4.78, 5) is 14.7. The molecule has 2 aromatic carbocycles. The fourth-order valence-corrected chi connectivity index (χ4v) is 5.28. The van der Waals surface area contributed by atoms with Gasteiger partial charge in [-0.25, -0.2) is 13.2 Å². The van der Waals surface area contributed by atoms with Gasteiger partial charge in [-0.3, -0.25) is 9.62 Å². The highest BCUT2D eigenvalue weighted by molar-refractivity contribution is 7.92. The Morgan fingerprint density at radius 2 is 1.86 bits per heavy atom. The molecule has 154 valence electrons. The van der Waals surface area contributed by atoms with Gasteiger partial charge in [0.05, 0.1) is 4.90 Å². The molecule has 0 spiro atoms. The van der Waals surface area contributed by atoms with E-state index in [0.29, 0.717) is 18.7 Å². The third-order valence-electron chi connectivity index (χ3n) is 5.71. The maximum absolute atomic E-state index is 12.8. The van der Waals surface area contributed by atoms with Crippen molar-refractivity contribution >= 4 is 27.4 Å². The van der Waals surface area contributed by atoms with Crippen LogP contribution in [0.2, 0.25) is 0 Å². The maximum Gasteiger partial charge on any atom is 0.322 e.